The van der Waals surface area contributed by atoms with Gasteiger partial charge in [-0.05, 0) is 53.6 Å². The van der Waals surface area contributed by atoms with E-state index in [2.05, 4.69) is 4.98 Å². The average molecular weight is 400 g/mol. The van der Waals surface area contributed by atoms with Gasteiger partial charge in [0.2, 0.25) is 11.3 Å². The molecule has 0 bridgehead atoms. The van der Waals surface area contributed by atoms with E-state index in [1.54, 1.807) is 42.5 Å². The first-order valence-corrected chi connectivity index (χ1v) is 9.31. The molecule has 2 aromatic carbocycles. The molecule has 0 spiro atoms. The van der Waals surface area contributed by atoms with Crippen molar-refractivity contribution in [3.63, 3.8) is 0 Å². The fraction of sp³-hybridized carbons (Fsp3) is 0. The predicted octanol–water partition coefficient (Wildman–Crippen LogP) is 5.79. The summed E-state index contributed by atoms with van der Waals surface area (Å²) >= 11 is 13.3. The second-order valence-corrected chi connectivity index (χ2v) is 7.90. The van der Waals surface area contributed by atoms with E-state index in [1.807, 2.05) is 12.1 Å². The van der Waals surface area contributed by atoms with Crippen LogP contribution in [0, 0.1) is 0 Å². The Balaban J connectivity index is 1.92. The second-order valence-electron chi connectivity index (χ2n) is 5.75. The maximum Gasteiger partial charge on any atom is 0.249 e. The largest absolute Gasteiger partial charge is 0.322 e. The zero-order valence-electron chi connectivity index (χ0n) is 13.3. The van der Waals surface area contributed by atoms with Crippen molar-refractivity contribution in [3.05, 3.63) is 90.8 Å². The van der Waals surface area contributed by atoms with Gasteiger partial charge in [0.25, 0.3) is 0 Å². The third-order valence-electron chi connectivity index (χ3n) is 4.04. The zero-order chi connectivity index (χ0) is 18.3. The van der Waals surface area contributed by atoms with Gasteiger partial charge in [-0.1, -0.05) is 35.3 Å². The Labute approximate surface area is 162 Å². The number of halogens is 2. The number of fused-ring (bicyclic) bond motifs is 1. The SMILES string of the molecule is O=C(c1ccc2[nH]c(=O)cc(-c3cccc(Cl)c3)c2c1)c1ccc(Cl)s1. The molecular weight excluding hydrogens is 389 g/mol. The van der Waals surface area contributed by atoms with Gasteiger partial charge < -0.3 is 4.98 Å². The summed E-state index contributed by atoms with van der Waals surface area (Å²) in [5, 5.41) is 1.36. The van der Waals surface area contributed by atoms with E-state index in [-0.39, 0.29) is 11.3 Å². The second kappa shape index (κ2) is 6.72. The van der Waals surface area contributed by atoms with Crippen molar-refractivity contribution in [1.29, 1.82) is 0 Å². The van der Waals surface area contributed by atoms with E-state index in [9.17, 15) is 9.59 Å². The molecule has 0 fully saturated rings. The van der Waals surface area contributed by atoms with Crippen LogP contribution in [0.5, 0.6) is 0 Å². The van der Waals surface area contributed by atoms with E-state index < -0.39 is 0 Å². The van der Waals surface area contributed by atoms with Crippen LogP contribution in [-0.4, -0.2) is 10.8 Å². The van der Waals surface area contributed by atoms with Crippen LogP contribution in [0.1, 0.15) is 15.2 Å². The summed E-state index contributed by atoms with van der Waals surface area (Å²) in [7, 11) is 0. The van der Waals surface area contributed by atoms with Gasteiger partial charge in [-0.15, -0.1) is 11.3 Å². The van der Waals surface area contributed by atoms with Crippen LogP contribution in [0.3, 0.4) is 0 Å². The number of rotatable bonds is 3. The van der Waals surface area contributed by atoms with Crippen LogP contribution in [-0.2, 0) is 0 Å². The van der Waals surface area contributed by atoms with Gasteiger partial charge in [0.15, 0.2) is 0 Å². The summed E-state index contributed by atoms with van der Waals surface area (Å²) in [4.78, 5) is 28.1. The van der Waals surface area contributed by atoms with Gasteiger partial charge in [-0.2, -0.15) is 0 Å². The van der Waals surface area contributed by atoms with Crippen LogP contribution < -0.4 is 5.56 Å². The smallest absolute Gasteiger partial charge is 0.249 e. The minimum Gasteiger partial charge on any atom is -0.322 e. The molecule has 0 atom stereocenters. The highest BCUT2D eigenvalue weighted by Gasteiger charge is 2.14. The number of hydrogen-bond donors (Lipinski definition) is 1. The lowest BCUT2D eigenvalue weighted by Crippen LogP contribution is -2.06. The molecule has 0 unspecified atom stereocenters. The van der Waals surface area contributed by atoms with E-state index in [1.165, 1.54) is 17.4 Å². The normalized spacial score (nSPS) is 11.0. The number of carbonyl (C=O) groups is 1. The molecule has 1 N–H and O–H groups in total. The molecule has 4 rings (SSSR count). The first-order chi connectivity index (χ1) is 12.5. The topological polar surface area (TPSA) is 49.9 Å². The fourth-order valence-electron chi connectivity index (χ4n) is 2.87. The Morgan fingerprint density at radius 1 is 0.962 bits per heavy atom. The number of ketones is 1. The number of carbonyl (C=O) groups excluding carboxylic acids is 1. The summed E-state index contributed by atoms with van der Waals surface area (Å²) in [6, 6.07) is 17.4. The van der Waals surface area contributed by atoms with Crippen LogP contribution in [0.4, 0.5) is 0 Å². The van der Waals surface area contributed by atoms with E-state index in [4.69, 9.17) is 23.2 Å². The summed E-state index contributed by atoms with van der Waals surface area (Å²) in [6.07, 6.45) is 0. The number of benzene rings is 2. The number of aromatic nitrogens is 1. The average Bonchev–Trinajstić information content (AvgIpc) is 3.06. The molecule has 2 aromatic heterocycles. The lowest BCUT2D eigenvalue weighted by atomic mass is 9.98. The van der Waals surface area contributed by atoms with Crippen molar-refractivity contribution in [2.75, 3.05) is 0 Å². The molecule has 4 aromatic rings. The Kier molecular flexibility index (Phi) is 4.41. The van der Waals surface area contributed by atoms with Crippen molar-refractivity contribution in [2.24, 2.45) is 0 Å². The van der Waals surface area contributed by atoms with Crippen LogP contribution in [0.25, 0.3) is 22.0 Å². The molecule has 0 aliphatic carbocycles. The van der Waals surface area contributed by atoms with Crippen molar-refractivity contribution in [2.45, 2.75) is 0 Å². The molecule has 26 heavy (non-hydrogen) atoms. The molecule has 2 heterocycles. The standard InChI is InChI=1S/C20H11Cl2NO2S/c21-13-3-1-2-11(8-13)14-10-19(24)23-16-5-4-12(9-15(14)16)20(25)17-6-7-18(22)26-17/h1-10H,(H,23,24). The van der Waals surface area contributed by atoms with E-state index in [0.717, 1.165) is 16.5 Å². The number of H-pyrrole nitrogens is 1. The lowest BCUT2D eigenvalue weighted by Gasteiger charge is -2.09. The van der Waals surface area contributed by atoms with E-state index in [0.29, 0.717) is 25.3 Å². The summed E-state index contributed by atoms with van der Waals surface area (Å²) in [6.45, 7) is 0. The quantitative estimate of drug-likeness (QED) is 0.442. The summed E-state index contributed by atoms with van der Waals surface area (Å²) < 4.78 is 0.568. The third kappa shape index (κ3) is 3.19. The van der Waals surface area contributed by atoms with Gasteiger partial charge in [-0.25, -0.2) is 0 Å². The van der Waals surface area contributed by atoms with Gasteiger partial charge in [0, 0.05) is 27.6 Å². The molecular formula is C20H11Cl2NO2S. The molecule has 0 saturated heterocycles. The molecule has 0 amide bonds. The Morgan fingerprint density at radius 3 is 2.54 bits per heavy atom. The molecule has 0 aliphatic heterocycles. The van der Waals surface area contributed by atoms with Crippen molar-refractivity contribution < 1.29 is 4.79 Å². The number of nitrogens with one attached hydrogen (secondary N) is 1. The van der Waals surface area contributed by atoms with Crippen molar-refractivity contribution >= 4 is 51.2 Å². The number of pyridine rings is 1. The van der Waals surface area contributed by atoms with Crippen LogP contribution in [0.15, 0.2) is 65.5 Å². The molecule has 128 valence electrons. The predicted molar refractivity (Wildman–Crippen MR) is 108 cm³/mol. The molecule has 0 radical (unpaired) electrons. The minimum atomic E-state index is -0.211. The Morgan fingerprint density at radius 2 is 1.81 bits per heavy atom. The van der Waals surface area contributed by atoms with Crippen LogP contribution in [0.2, 0.25) is 9.36 Å². The van der Waals surface area contributed by atoms with Crippen molar-refractivity contribution in [1.82, 2.24) is 4.98 Å². The monoisotopic (exact) mass is 399 g/mol. The highest BCUT2D eigenvalue weighted by Crippen LogP contribution is 2.30. The molecule has 0 saturated carbocycles. The highest BCUT2D eigenvalue weighted by atomic mass is 35.5. The van der Waals surface area contributed by atoms with Crippen molar-refractivity contribution in [3.8, 4) is 11.1 Å². The van der Waals surface area contributed by atoms with Crippen LogP contribution >= 0.6 is 34.5 Å². The minimum absolute atomic E-state index is 0.105. The number of aromatic amines is 1. The first kappa shape index (κ1) is 17.0. The highest BCUT2D eigenvalue weighted by molar-refractivity contribution is 7.18. The molecule has 6 heteroatoms. The summed E-state index contributed by atoms with van der Waals surface area (Å²) in [5.74, 6) is -0.105. The molecule has 3 nitrogen and oxygen atoms in total. The zero-order valence-corrected chi connectivity index (χ0v) is 15.6. The number of thiophene rings is 1. The van der Waals surface area contributed by atoms with Gasteiger partial charge in [0.1, 0.15) is 0 Å². The lowest BCUT2D eigenvalue weighted by molar-refractivity contribution is 0.104. The first-order valence-electron chi connectivity index (χ1n) is 7.74. The van der Waals surface area contributed by atoms with E-state index >= 15 is 0 Å². The Bertz CT molecular complexity index is 1210. The molecule has 0 aliphatic rings. The number of hydrogen-bond acceptors (Lipinski definition) is 3. The summed E-state index contributed by atoms with van der Waals surface area (Å²) in [5.41, 5.74) is 2.53. The maximum atomic E-state index is 12.7. The van der Waals surface area contributed by atoms with Gasteiger partial charge in [-0.3, -0.25) is 9.59 Å². The Hall–Kier alpha value is -2.40. The van der Waals surface area contributed by atoms with Gasteiger partial charge >= 0.3 is 0 Å². The third-order valence-corrected chi connectivity index (χ3v) is 5.50. The van der Waals surface area contributed by atoms with Gasteiger partial charge in [0.05, 0.1) is 9.21 Å². The maximum absolute atomic E-state index is 12.7. The fourth-order valence-corrected chi connectivity index (χ4v) is 4.06.